The molecule has 2 unspecified atom stereocenters. The zero-order valence-corrected chi connectivity index (χ0v) is 19.9. The minimum atomic E-state index is -4.57. The first-order chi connectivity index (χ1) is 18.1. The molecular formula is C26H19F3N6O3. The molecule has 38 heavy (non-hydrogen) atoms. The van der Waals surface area contributed by atoms with Crippen molar-refractivity contribution in [1.29, 1.82) is 5.26 Å². The predicted octanol–water partition coefficient (Wildman–Crippen LogP) is 4.26. The highest BCUT2D eigenvalue weighted by atomic mass is 19.4. The van der Waals surface area contributed by atoms with Gasteiger partial charge in [-0.3, -0.25) is 9.78 Å². The van der Waals surface area contributed by atoms with E-state index in [-0.39, 0.29) is 12.2 Å². The van der Waals surface area contributed by atoms with Crippen molar-refractivity contribution in [2.45, 2.75) is 37.6 Å². The summed E-state index contributed by atoms with van der Waals surface area (Å²) in [6.07, 6.45) is -2.66. The van der Waals surface area contributed by atoms with Crippen molar-refractivity contribution in [1.82, 2.24) is 14.8 Å². The molecule has 6 rings (SSSR count). The molecule has 2 aromatic carbocycles. The number of fused-ring (bicyclic) bond motifs is 6. The number of carbonyl (C=O) groups excluding carboxylic acids is 3. The van der Waals surface area contributed by atoms with Crippen molar-refractivity contribution < 1.29 is 27.6 Å². The van der Waals surface area contributed by atoms with Gasteiger partial charge in [-0.05, 0) is 61.4 Å². The Hall–Kier alpha value is -4.66. The molecule has 0 radical (unpaired) electrons. The Morgan fingerprint density at radius 1 is 1.18 bits per heavy atom. The molecule has 9 nitrogen and oxygen atoms in total. The second kappa shape index (κ2) is 8.17. The Kier molecular flexibility index (Phi) is 5.10. The summed E-state index contributed by atoms with van der Waals surface area (Å²) < 4.78 is 39.7. The van der Waals surface area contributed by atoms with Gasteiger partial charge in [0.15, 0.2) is 0 Å². The van der Waals surface area contributed by atoms with Crippen molar-refractivity contribution in [3.8, 4) is 6.07 Å². The number of rotatable bonds is 2. The molecule has 1 N–H and O–H groups in total. The number of aromatic nitrogens is 1. The molecule has 12 heteroatoms. The summed E-state index contributed by atoms with van der Waals surface area (Å²) >= 11 is 0. The summed E-state index contributed by atoms with van der Waals surface area (Å²) in [6, 6.07) is 8.57. The standard InChI is InChI=1S/C26H19F3N6O3/c1-13-7-15(26(27,28)29)9-16(8-13)32-24(37)33-12-17-10-20(33)22-23(36)35(25(38)34(17)22)19-5-4-14(11-30)21-18(19)3-2-6-31-21/h2-9,17,20,22H,10,12H2,1H3,(H,32,37)/t17?,20?,22-/m0/s1. The maximum absolute atomic E-state index is 13.6. The molecule has 0 aliphatic carbocycles. The van der Waals surface area contributed by atoms with E-state index in [2.05, 4.69) is 16.4 Å². The molecule has 0 spiro atoms. The Bertz CT molecular complexity index is 1580. The molecule has 3 aliphatic heterocycles. The summed E-state index contributed by atoms with van der Waals surface area (Å²) in [6.45, 7) is 1.65. The fourth-order valence-corrected chi connectivity index (χ4v) is 5.77. The number of nitriles is 1. The van der Waals surface area contributed by atoms with Crippen LogP contribution in [0.25, 0.3) is 10.9 Å². The molecular weight excluding hydrogens is 501 g/mol. The quantitative estimate of drug-likeness (QED) is 0.508. The van der Waals surface area contributed by atoms with E-state index < -0.39 is 47.8 Å². The van der Waals surface area contributed by atoms with Gasteiger partial charge >= 0.3 is 18.2 Å². The van der Waals surface area contributed by atoms with Crippen molar-refractivity contribution in [3.63, 3.8) is 0 Å². The second-order valence-corrected chi connectivity index (χ2v) is 9.58. The van der Waals surface area contributed by atoms with Gasteiger partial charge in [-0.15, -0.1) is 0 Å². The first-order valence-electron chi connectivity index (χ1n) is 11.8. The van der Waals surface area contributed by atoms with Gasteiger partial charge in [0.2, 0.25) is 0 Å². The number of benzene rings is 2. The van der Waals surface area contributed by atoms with Crippen LogP contribution in [0, 0.1) is 18.3 Å². The molecule has 3 atom stereocenters. The van der Waals surface area contributed by atoms with Crippen LogP contribution < -0.4 is 10.2 Å². The Balaban J connectivity index is 1.28. The van der Waals surface area contributed by atoms with Gasteiger partial charge in [-0.2, -0.15) is 18.4 Å². The SMILES string of the molecule is Cc1cc(NC(=O)N2CC3CC2[C@H]2C(=O)N(c4ccc(C#N)c5ncccc45)C(=O)N32)cc(C(F)(F)F)c1. The average molecular weight is 520 g/mol. The number of urea groups is 2. The number of imide groups is 1. The minimum Gasteiger partial charge on any atom is -0.317 e. The Morgan fingerprint density at radius 3 is 2.71 bits per heavy atom. The van der Waals surface area contributed by atoms with E-state index in [1.807, 2.05) is 0 Å². The van der Waals surface area contributed by atoms with Gasteiger partial charge in [0, 0.05) is 23.8 Å². The van der Waals surface area contributed by atoms with E-state index >= 15 is 0 Å². The summed E-state index contributed by atoms with van der Waals surface area (Å²) in [4.78, 5) is 48.4. The van der Waals surface area contributed by atoms with Gasteiger partial charge in [-0.25, -0.2) is 14.5 Å². The van der Waals surface area contributed by atoms with E-state index in [1.54, 1.807) is 12.1 Å². The summed E-state index contributed by atoms with van der Waals surface area (Å²) in [7, 11) is 0. The number of anilines is 2. The highest BCUT2D eigenvalue weighted by Gasteiger charge is 2.63. The van der Waals surface area contributed by atoms with Crippen molar-refractivity contribution in [3.05, 3.63) is 65.4 Å². The number of carbonyl (C=O) groups is 3. The number of alkyl halides is 3. The lowest BCUT2D eigenvalue weighted by molar-refractivity contribution is -0.137. The maximum atomic E-state index is 13.6. The molecule has 5 amide bonds. The molecule has 192 valence electrons. The maximum Gasteiger partial charge on any atom is 0.416 e. The number of piperazine rings is 1. The third-order valence-electron chi connectivity index (χ3n) is 7.29. The Morgan fingerprint density at radius 2 is 1.97 bits per heavy atom. The van der Waals surface area contributed by atoms with Crippen LogP contribution in [0.5, 0.6) is 0 Å². The van der Waals surface area contributed by atoms with E-state index in [0.717, 1.165) is 17.0 Å². The number of hydrogen-bond acceptors (Lipinski definition) is 5. The minimum absolute atomic E-state index is 0.00559. The molecule has 2 bridgehead atoms. The lowest BCUT2D eigenvalue weighted by Gasteiger charge is -2.34. The topological polar surface area (TPSA) is 110 Å². The van der Waals surface area contributed by atoms with Gasteiger partial charge in [0.05, 0.1) is 34.4 Å². The number of amides is 5. The number of nitrogens with one attached hydrogen (secondary N) is 1. The van der Waals surface area contributed by atoms with Crippen molar-refractivity contribution in [2.75, 3.05) is 16.8 Å². The number of halogens is 3. The van der Waals surface area contributed by atoms with Gasteiger partial charge in [0.1, 0.15) is 12.1 Å². The Labute approximate surface area is 214 Å². The zero-order valence-electron chi connectivity index (χ0n) is 19.9. The van der Waals surface area contributed by atoms with Crippen LogP contribution in [0.4, 0.5) is 34.1 Å². The summed E-state index contributed by atoms with van der Waals surface area (Å²) in [5.74, 6) is -0.509. The molecule has 3 aliphatic rings. The fourth-order valence-electron chi connectivity index (χ4n) is 5.77. The monoisotopic (exact) mass is 520 g/mol. The normalized spacial score (nSPS) is 22.3. The fraction of sp³-hybridized carbons (Fsp3) is 0.269. The smallest absolute Gasteiger partial charge is 0.317 e. The molecule has 3 aromatic rings. The van der Waals surface area contributed by atoms with Crippen LogP contribution in [0.2, 0.25) is 0 Å². The van der Waals surface area contributed by atoms with Gasteiger partial charge in [0.25, 0.3) is 5.91 Å². The third-order valence-corrected chi connectivity index (χ3v) is 7.29. The van der Waals surface area contributed by atoms with Gasteiger partial charge in [-0.1, -0.05) is 0 Å². The number of hydrogen-bond donors (Lipinski definition) is 1. The second-order valence-electron chi connectivity index (χ2n) is 9.58. The van der Waals surface area contributed by atoms with Crippen LogP contribution in [-0.4, -0.2) is 57.4 Å². The van der Waals surface area contributed by atoms with Crippen LogP contribution in [0.15, 0.2) is 48.7 Å². The average Bonchev–Trinajstić information content (AvgIpc) is 3.54. The van der Waals surface area contributed by atoms with Gasteiger partial charge < -0.3 is 15.1 Å². The number of pyridine rings is 1. The number of aryl methyl sites for hydroxylation is 1. The highest BCUT2D eigenvalue weighted by molar-refractivity contribution is 6.25. The number of likely N-dealkylation sites (tertiary alicyclic amines) is 1. The highest BCUT2D eigenvalue weighted by Crippen LogP contribution is 2.44. The molecule has 4 heterocycles. The van der Waals surface area contributed by atoms with E-state index in [9.17, 15) is 32.8 Å². The van der Waals surface area contributed by atoms with Crippen molar-refractivity contribution in [2.24, 2.45) is 0 Å². The molecule has 1 aromatic heterocycles. The largest absolute Gasteiger partial charge is 0.416 e. The van der Waals surface area contributed by atoms with E-state index in [0.29, 0.717) is 34.1 Å². The lowest BCUT2D eigenvalue weighted by Crippen LogP contribution is -2.55. The number of nitrogens with zero attached hydrogens (tertiary/aromatic N) is 5. The van der Waals surface area contributed by atoms with E-state index in [1.165, 1.54) is 41.1 Å². The molecule has 3 fully saturated rings. The third kappa shape index (κ3) is 3.46. The van der Waals surface area contributed by atoms with Crippen LogP contribution >= 0.6 is 0 Å². The predicted molar refractivity (Wildman–Crippen MR) is 129 cm³/mol. The summed E-state index contributed by atoms with van der Waals surface area (Å²) in [5.41, 5.74) is 0.413. The van der Waals surface area contributed by atoms with Crippen LogP contribution in [0.1, 0.15) is 23.1 Å². The lowest BCUT2D eigenvalue weighted by atomic mass is 10.1. The first-order valence-corrected chi connectivity index (χ1v) is 11.8. The van der Waals surface area contributed by atoms with E-state index in [4.69, 9.17) is 0 Å². The van der Waals surface area contributed by atoms with Crippen LogP contribution in [0.3, 0.4) is 0 Å². The van der Waals surface area contributed by atoms with Crippen LogP contribution in [-0.2, 0) is 11.0 Å². The summed E-state index contributed by atoms with van der Waals surface area (Å²) in [5, 5.41) is 12.4. The molecule has 3 saturated heterocycles. The van der Waals surface area contributed by atoms with Crippen molar-refractivity contribution >= 4 is 40.2 Å². The zero-order chi connectivity index (χ0) is 26.9. The molecule has 0 saturated carbocycles. The first kappa shape index (κ1) is 23.7.